The first-order chi connectivity index (χ1) is 5.92. The highest BCUT2D eigenvalue weighted by Gasteiger charge is 2.21. The molecule has 2 heteroatoms. The predicted molar refractivity (Wildman–Crippen MR) is 50.7 cm³/mol. The maximum absolute atomic E-state index is 8.57. The van der Waals surface area contributed by atoms with Gasteiger partial charge in [0.25, 0.3) is 0 Å². The largest absolute Gasteiger partial charge is 0.185 e. The number of thiocyanates is 1. The van der Waals surface area contributed by atoms with Crippen molar-refractivity contribution in [3.8, 4) is 5.40 Å². The molecule has 0 aliphatic heterocycles. The molecule has 0 radical (unpaired) electrons. The van der Waals surface area contributed by atoms with Gasteiger partial charge in [0.15, 0.2) is 0 Å². The number of thioether (sulfide) groups is 1. The highest BCUT2D eigenvalue weighted by atomic mass is 32.2. The van der Waals surface area contributed by atoms with Crippen LogP contribution in [0.25, 0.3) is 0 Å². The molecular formula is C10H9NS. The van der Waals surface area contributed by atoms with Crippen LogP contribution in [0, 0.1) is 10.7 Å². The average molecular weight is 175 g/mol. The molecule has 1 aromatic rings. The minimum atomic E-state index is 0.422. The Balaban J connectivity index is 2.31. The van der Waals surface area contributed by atoms with Crippen LogP contribution < -0.4 is 0 Å². The van der Waals surface area contributed by atoms with E-state index in [2.05, 4.69) is 29.7 Å². The minimum absolute atomic E-state index is 0.422. The van der Waals surface area contributed by atoms with Gasteiger partial charge in [-0.2, -0.15) is 5.26 Å². The zero-order valence-corrected chi connectivity index (χ0v) is 7.47. The summed E-state index contributed by atoms with van der Waals surface area (Å²) in [4.78, 5) is 0. The van der Waals surface area contributed by atoms with E-state index in [0.717, 1.165) is 12.8 Å². The van der Waals surface area contributed by atoms with Crippen molar-refractivity contribution in [3.05, 3.63) is 35.4 Å². The van der Waals surface area contributed by atoms with Gasteiger partial charge in [0, 0.05) is 5.25 Å². The molecule has 60 valence electrons. The van der Waals surface area contributed by atoms with E-state index in [0.29, 0.717) is 5.25 Å². The van der Waals surface area contributed by atoms with E-state index < -0.39 is 0 Å². The number of rotatable bonds is 1. The van der Waals surface area contributed by atoms with Gasteiger partial charge in [-0.3, -0.25) is 0 Å². The van der Waals surface area contributed by atoms with E-state index in [1.807, 2.05) is 0 Å². The zero-order valence-electron chi connectivity index (χ0n) is 6.66. The first-order valence-corrected chi connectivity index (χ1v) is 4.92. The predicted octanol–water partition coefficient (Wildman–Crippen LogP) is 2.89. The van der Waals surface area contributed by atoms with Crippen LogP contribution in [0.4, 0.5) is 0 Å². The fourth-order valence-corrected chi connectivity index (χ4v) is 2.42. The van der Waals surface area contributed by atoms with Gasteiger partial charge in [0.05, 0.1) is 0 Å². The molecule has 0 amide bonds. The highest BCUT2D eigenvalue weighted by molar-refractivity contribution is 8.03. The lowest BCUT2D eigenvalue weighted by Gasteiger charge is -2.03. The Labute approximate surface area is 76.4 Å². The molecule has 0 heterocycles. The van der Waals surface area contributed by atoms with Crippen molar-refractivity contribution < 1.29 is 0 Å². The fraction of sp³-hybridized carbons (Fsp3) is 0.300. The highest BCUT2D eigenvalue weighted by Crippen LogP contribution is 2.40. The Bertz CT molecular complexity index is 327. The fourth-order valence-electron chi connectivity index (χ4n) is 1.70. The molecular weight excluding hydrogens is 166 g/mol. The Morgan fingerprint density at radius 3 is 3.08 bits per heavy atom. The Hall–Kier alpha value is -0.940. The third kappa shape index (κ3) is 1.21. The van der Waals surface area contributed by atoms with E-state index in [9.17, 15) is 0 Å². The summed E-state index contributed by atoms with van der Waals surface area (Å²) in [6, 6.07) is 8.41. The monoisotopic (exact) mass is 175 g/mol. The van der Waals surface area contributed by atoms with Crippen molar-refractivity contribution >= 4 is 11.8 Å². The quantitative estimate of drug-likeness (QED) is 0.613. The number of aryl methyl sites for hydroxylation is 1. The second-order valence-corrected chi connectivity index (χ2v) is 3.92. The van der Waals surface area contributed by atoms with Gasteiger partial charge >= 0.3 is 0 Å². The molecule has 1 aliphatic rings. The third-order valence-electron chi connectivity index (χ3n) is 2.27. The van der Waals surface area contributed by atoms with Crippen LogP contribution in [0.15, 0.2) is 24.3 Å². The lowest BCUT2D eigenvalue weighted by Crippen LogP contribution is -1.84. The van der Waals surface area contributed by atoms with Gasteiger partial charge in [-0.25, -0.2) is 0 Å². The standard InChI is InChI=1S/C10H9NS/c11-7-12-10-6-5-8-3-1-2-4-9(8)10/h1-4,10H,5-6H2. The van der Waals surface area contributed by atoms with E-state index in [1.54, 1.807) is 0 Å². The minimum Gasteiger partial charge on any atom is -0.185 e. The number of benzene rings is 1. The van der Waals surface area contributed by atoms with Crippen molar-refractivity contribution in [3.63, 3.8) is 0 Å². The number of nitrogens with zero attached hydrogens (tertiary/aromatic N) is 1. The molecule has 1 nitrogen and oxygen atoms in total. The van der Waals surface area contributed by atoms with Crippen molar-refractivity contribution in [1.29, 1.82) is 5.26 Å². The zero-order chi connectivity index (χ0) is 8.39. The van der Waals surface area contributed by atoms with Gasteiger partial charge in [0.2, 0.25) is 0 Å². The van der Waals surface area contributed by atoms with Crippen LogP contribution in [0.3, 0.4) is 0 Å². The molecule has 0 N–H and O–H groups in total. The molecule has 1 unspecified atom stereocenters. The third-order valence-corrected chi connectivity index (χ3v) is 3.15. The summed E-state index contributed by atoms with van der Waals surface area (Å²) in [6.07, 6.45) is 2.26. The number of hydrogen-bond donors (Lipinski definition) is 0. The molecule has 1 aromatic carbocycles. The van der Waals surface area contributed by atoms with Crippen LogP contribution in [-0.2, 0) is 6.42 Å². The first-order valence-electron chi connectivity index (χ1n) is 4.04. The summed E-state index contributed by atoms with van der Waals surface area (Å²) < 4.78 is 0. The smallest absolute Gasteiger partial charge is 0.133 e. The molecule has 12 heavy (non-hydrogen) atoms. The van der Waals surface area contributed by atoms with E-state index in [1.165, 1.54) is 22.9 Å². The molecule has 0 saturated carbocycles. The van der Waals surface area contributed by atoms with Gasteiger partial charge in [-0.05, 0) is 35.7 Å². The lowest BCUT2D eigenvalue weighted by atomic mass is 10.1. The molecule has 0 spiro atoms. The summed E-state index contributed by atoms with van der Waals surface area (Å²) in [5.74, 6) is 0. The molecule has 0 aromatic heterocycles. The SMILES string of the molecule is N#CSC1CCc2ccccc21. The first kappa shape index (κ1) is 7.70. The van der Waals surface area contributed by atoms with Crippen LogP contribution >= 0.6 is 11.8 Å². The summed E-state index contributed by atoms with van der Waals surface area (Å²) >= 11 is 1.39. The summed E-state index contributed by atoms with van der Waals surface area (Å²) in [5.41, 5.74) is 2.79. The van der Waals surface area contributed by atoms with Crippen molar-refractivity contribution in [2.45, 2.75) is 18.1 Å². The second-order valence-electron chi connectivity index (χ2n) is 2.94. The normalized spacial score (nSPS) is 20.1. The average Bonchev–Trinajstić information content (AvgIpc) is 2.50. The van der Waals surface area contributed by atoms with Crippen LogP contribution in [0.2, 0.25) is 0 Å². The molecule has 0 fully saturated rings. The summed E-state index contributed by atoms with van der Waals surface area (Å²) in [6.45, 7) is 0. The van der Waals surface area contributed by atoms with Crippen LogP contribution in [0.1, 0.15) is 22.8 Å². The van der Waals surface area contributed by atoms with Gasteiger partial charge in [-0.15, -0.1) is 0 Å². The molecule has 1 aliphatic carbocycles. The number of hydrogen-bond acceptors (Lipinski definition) is 2. The molecule has 1 atom stereocenters. The molecule has 0 saturated heterocycles. The van der Waals surface area contributed by atoms with Crippen LogP contribution in [0.5, 0.6) is 0 Å². The summed E-state index contributed by atoms with van der Waals surface area (Å²) in [7, 11) is 0. The van der Waals surface area contributed by atoms with Crippen LogP contribution in [-0.4, -0.2) is 0 Å². The van der Waals surface area contributed by atoms with Gasteiger partial charge in [0.1, 0.15) is 5.40 Å². The number of fused-ring (bicyclic) bond motifs is 1. The Morgan fingerprint density at radius 1 is 1.42 bits per heavy atom. The second kappa shape index (κ2) is 3.20. The van der Waals surface area contributed by atoms with Gasteiger partial charge < -0.3 is 0 Å². The maximum atomic E-state index is 8.57. The Morgan fingerprint density at radius 2 is 2.25 bits per heavy atom. The molecule has 2 rings (SSSR count). The van der Waals surface area contributed by atoms with Crippen molar-refractivity contribution in [2.75, 3.05) is 0 Å². The van der Waals surface area contributed by atoms with E-state index >= 15 is 0 Å². The topological polar surface area (TPSA) is 23.8 Å². The van der Waals surface area contributed by atoms with E-state index in [-0.39, 0.29) is 0 Å². The van der Waals surface area contributed by atoms with Crippen molar-refractivity contribution in [1.82, 2.24) is 0 Å². The number of nitriles is 1. The Kier molecular flexibility index (Phi) is 2.05. The lowest BCUT2D eigenvalue weighted by molar-refractivity contribution is 0.894. The van der Waals surface area contributed by atoms with E-state index in [4.69, 9.17) is 5.26 Å². The molecule has 0 bridgehead atoms. The van der Waals surface area contributed by atoms with Gasteiger partial charge in [-0.1, -0.05) is 24.3 Å². The van der Waals surface area contributed by atoms with Crippen molar-refractivity contribution in [2.24, 2.45) is 0 Å². The summed E-state index contributed by atoms with van der Waals surface area (Å²) in [5, 5.41) is 11.2. The maximum Gasteiger partial charge on any atom is 0.133 e.